The molecular weight excluding hydrogens is 367 g/mol. The van der Waals surface area contributed by atoms with E-state index >= 15 is 0 Å². The molecule has 3 rings (SSSR count). The SMILES string of the molecule is O=C1NC(=O)C2(Cl)C3(Cl)C=CC(Cl)(C3(Cl)Cl)C12Cl. The van der Waals surface area contributed by atoms with Crippen LogP contribution >= 0.6 is 69.6 Å². The number of carbonyl (C=O) groups is 2. The number of hydrogen-bond acceptors (Lipinski definition) is 2. The molecule has 2 fully saturated rings. The van der Waals surface area contributed by atoms with Gasteiger partial charge in [-0.25, -0.2) is 0 Å². The van der Waals surface area contributed by atoms with Crippen LogP contribution in [-0.4, -0.2) is 35.6 Å². The van der Waals surface area contributed by atoms with Gasteiger partial charge in [0, 0.05) is 0 Å². The Labute approximate surface area is 132 Å². The van der Waals surface area contributed by atoms with E-state index in [4.69, 9.17) is 69.6 Å². The molecule has 98 valence electrons. The maximum Gasteiger partial charge on any atom is 0.252 e. The number of fused-ring (bicyclic) bond motifs is 5. The molecule has 0 spiro atoms. The lowest BCUT2D eigenvalue weighted by atomic mass is 9.82. The molecule has 1 saturated heterocycles. The van der Waals surface area contributed by atoms with Gasteiger partial charge in [0.1, 0.15) is 9.75 Å². The van der Waals surface area contributed by atoms with Crippen LogP contribution in [0.25, 0.3) is 0 Å². The number of alkyl halides is 6. The van der Waals surface area contributed by atoms with E-state index in [9.17, 15) is 9.59 Å². The third kappa shape index (κ3) is 0.861. The zero-order valence-corrected chi connectivity index (χ0v) is 12.8. The summed E-state index contributed by atoms with van der Waals surface area (Å²) in [7, 11) is 0. The molecule has 2 aliphatic carbocycles. The average molecular weight is 370 g/mol. The number of halogens is 6. The van der Waals surface area contributed by atoms with E-state index in [2.05, 4.69) is 0 Å². The van der Waals surface area contributed by atoms with Crippen molar-refractivity contribution in [3.63, 3.8) is 0 Å². The van der Waals surface area contributed by atoms with Crippen LogP contribution in [0.2, 0.25) is 0 Å². The summed E-state index contributed by atoms with van der Waals surface area (Å²) >= 11 is 37.5. The van der Waals surface area contributed by atoms with Crippen molar-refractivity contribution in [2.45, 2.75) is 23.8 Å². The van der Waals surface area contributed by atoms with Crippen molar-refractivity contribution in [2.75, 3.05) is 0 Å². The number of carbonyl (C=O) groups excluding carboxylic acids is 2. The summed E-state index contributed by atoms with van der Waals surface area (Å²) < 4.78 is -1.90. The second kappa shape index (κ2) is 3.10. The number of amides is 2. The van der Waals surface area contributed by atoms with Gasteiger partial charge >= 0.3 is 0 Å². The van der Waals surface area contributed by atoms with Gasteiger partial charge in [0.15, 0.2) is 14.1 Å². The highest BCUT2D eigenvalue weighted by molar-refractivity contribution is 6.70. The van der Waals surface area contributed by atoms with Gasteiger partial charge in [-0.3, -0.25) is 14.9 Å². The minimum atomic E-state index is -2.06. The quantitative estimate of drug-likeness (QED) is 0.404. The Kier molecular flexibility index (Phi) is 2.34. The minimum absolute atomic E-state index is 0.864. The molecule has 3 nitrogen and oxygen atoms in total. The van der Waals surface area contributed by atoms with Crippen LogP contribution in [0.1, 0.15) is 0 Å². The topological polar surface area (TPSA) is 46.2 Å². The summed E-state index contributed by atoms with van der Waals surface area (Å²) in [6.07, 6.45) is 2.63. The van der Waals surface area contributed by atoms with Crippen LogP contribution in [0.4, 0.5) is 0 Å². The molecule has 1 N–H and O–H groups in total. The lowest BCUT2D eigenvalue weighted by Gasteiger charge is -2.37. The summed E-state index contributed by atoms with van der Waals surface area (Å²) in [5.41, 5.74) is 0. The molecule has 0 aromatic carbocycles. The molecule has 1 saturated carbocycles. The molecule has 3 aliphatic rings. The van der Waals surface area contributed by atoms with Crippen LogP contribution in [0.15, 0.2) is 12.2 Å². The number of imide groups is 1. The predicted molar refractivity (Wildman–Crippen MR) is 71.1 cm³/mol. The Morgan fingerprint density at radius 3 is 1.44 bits per heavy atom. The van der Waals surface area contributed by atoms with Crippen molar-refractivity contribution in [3.8, 4) is 0 Å². The Morgan fingerprint density at radius 1 is 0.778 bits per heavy atom. The first kappa shape index (κ1) is 13.6. The lowest BCUT2D eigenvalue weighted by Crippen LogP contribution is -2.60. The fourth-order valence-electron chi connectivity index (χ4n) is 2.79. The van der Waals surface area contributed by atoms with E-state index in [0.717, 1.165) is 0 Å². The predicted octanol–water partition coefficient (Wildman–Crippen LogP) is 2.31. The van der Waals surface area contributed by atoms with Crippen LogP contribution in [-0.2, 0) is 9.59 Å². The Bertz CT molecular complexity index is 505. The molecule has 4 atom stereocenters. The smallest absolute Gasteiger partial charge is 0.252 e. The van der Waals surface area contributed by atoms with Gasteiger partial charge in [0.25, 0.3) is 11.8 Å². The van der Waals surface area contributed by atoms with Gasteiger partial charge in [-0.05, 0) is 0 Å². The first-order valence-electron chi connectivity index (χ1n) is 4.70. The first-order chi connectivity index (χ1) is 8.01. The molecular formula is C9H3Cl6NO2. The molecule has 4 unspecified atom stereocenters. The van der Waals surface area contributed by atoms with Crippen molar-refractivity contribution < 1.29 is 9.59 Å². The highest BCUT2D eigenvalue weighted by Gasteiger charge is 2.95. The molecule has 0 aromatic heterocycles. The van der Waals surface area contributed by atoms with E-state index in [-0.39, 0.29) is 0 Å². The number of rotatable bonds is 0. The van der Waals surface area contributed by atoms with Crippen LogP contribution in [0.3, 0.4) is 0 Å². The summed E-state index contributed by atoms with van der Waals surface area (Å²) in [5, 5.41) is 2.02. The van der Waals surface area contributed by atoms with Crippen molar-refractivity contribution in [3.05, 3.63) is 12.2 Å². The summed E-state index contributed by atoms with van der Waals surface area (Å²) in [4.78, 5) is 16.3. The Hall–Kier alpha value is 0.620. The highest BCUT2D eigenvalue weighted by atomic mass is 35.5. The fourth-order valence-corrected chi connectivity index (χ4v) is 5.80. The minimum Gasteiger partial charge on any atom is -0.293 e. The van der Waals surface area contributed by atoms with E-state index in [1.54, 1.807) is 0 Å². The molecule has 2 amide bonds. The van der Waals surface area contributed by atoms with Gasteiger partial charge in [-0.1, -0.05) is 35.4 Å². The third-order valence-electron chi connectivity index (χ3n) is 3.79. The number of nitrogens with one attached hydrogen (secondary N) is 1. The van der Waals surface area contributed by atoms with Crippen molar-refractivity contribution in [1.29, 1.82) is 0 Å². The van der Waals surface area contributed by atoms with Gasteiger partial charge in [-0.15, -0.1) is 46.4 Å². The zero-order valence-electron chi connectivity index (χ0n) is 8.24. The lowest BCUT2D eigenvalue weighted by molar-refractivity contribution is -0.126. The van der Waals surface area contributed by atoms with Crippen molar-refractivity contribution in [1.82, 2.24) is 5.32 Å². The molecule has 2 bridgehead atoms. The molecule has 1 aliphatic heterocycles. The van der Waals surface area contributed by atoms with Crippen molar-refractivity contribution in [2.24, 2.45) is 0 Å². The fraction of sp³-hybridized carbons (Fsp3) is 0.556. The normalized spacial score (nSPS) is 55.9. The summed E-state index contributed by atoms with van der Waals surface area (Å²) in [6, 6.07) is 0. The number of allylic oxidation sites excluding steroid dienone is 2. The van der Waals surface area contributed by atoms with Crippen LogP contribution in [0.5, 0.6) is 0 Å². The van der Waals surface area contributed by atoms with Gasteiger partial charge < -0.3 is 0 Å². The third-order valence-corrected chi connectivity index (χ3v) is 8.55. The first-order valence-corrected chi connectivity index (χ1v) is 6.97. The number of hydrogen-bond donors (Lipinski definition) is 1. The van der Waals surface area contributed by atoms with Crippen LogP contribution < -0.4 is 5.32 Å². The Balaban J connectivity index is 2.45. The summed E-state index contributed by atoms with van der Waals surface area (Å²) in [6.45, 7) is 0. The average Bonchev–Trinajstić information content (AvgIpc) is 2.61. The summed E-state index contributed by atoms with van der Waals surface area (Å²) in [5.74, 6) is -1.73. The second-order valence-electron chi connectivity index (χ2n) is 4.43. The highest BCUT2D eigenvalue weighted by Crippen LogP contribution is 2.77. The Morgan fingerprint density at radius 2 is 1.11 bits per heavy atom. The van der Waals surface area contributed by atoms with E-state index < -0.39 is 35.6 Å². The molecule has 1 heterocycles. The maximum absolute atomic E-state index is 12.0. The standard InChI is InChI=1S/C9H3Cl6NO2/c10-5-1-2-6(11,9(5,14)15)8(13)4(18)16-3(17)7(5,8)12/h1-2H,(H,16,17,18). The molecule has 0 radical (unpaired) electrons. The van der Waals surface area contributed by atoms with E-state index in [0.29, 0.717) is 0 Å². The molecule has 9 heteroatoms. The van der Waals surface area contributed by atoms with Gasteiger partial charge in [0.2, 0.25) is 0 Å². The molecule has 0 aromatic rings. The monoisotopic (exact) mass is 367 g/mol. The molecule has 18 heavy (non-hydrogen) atoms. The van der Waals surface area contributed by atoms with Crippen molar-refractivity contribution >= 4 is 81.4 Å². The zero-order chi connectivity index (χ0) is 13.8. The largest absolute Gasteiger partial charge is 0.293 e. The van der Waals surface area contributed by atoms with E-state index in [1.807, 2.05) is 5.32 Å². The maximum atomic E-state index is 12.0. The van der Waals surface area contributed by atoms with Gasteiger partial charge in [-0.2, -0.15) is 0 Å². The van der Waals surface area contributed by atoms with E-state index in [1.165, 1.54) is 12.2 Å². The second-order valence-corrected chi connectivity index (χ2v) is 8.09. The van der Waals surface area contributed by atoms with Crippen LogP contribution in [0, 0.1) is 0 Å². The van der Waals surface area contributed by atoms with Gasteiger partial charge in [0.05, 0.1) is 0 Å².